The summed E-state index contributed by atoms with van der Waals surface area (Å²) >= 11 is 0. The Hall–Kier alpha value is -2.54. The van der Waals surface area contributed by atoms with E-state index in [-0.39, 0.29) is 13.2 Å². The van der Waals surface area contributed by atoms with Crippen LogP contribution in [0.1, 0.15) is 110 Å². The molecule has 0 spiro atoms. The first-order valence-electron chi connectivity index (χ1n) is 13.5. The quantitative estimate of drug-likeness (QED) is 0.0697. The third kappa shape index (κ3) is 33.4. The van der Waals surface area contributed by atoms with Crippen LogP contribution in [-0.4, -0.2) is 89.6 Å². The summed E-state index contributed by atoms with van der Waals surface area (Å²) < 4.78 is 0. The molecule has 0 radical (unpaired) electrons. The number of hydrogen-bond acceptors (Lipinski definition) is 8. The predicted octanol–water partition coefficient (Wildman–Crippen LogP) is 3.19. The molecule has 0 unspecified atom stereocenters. The lowest BCUT2D eigenvalue weighted by Gasteiger charge is -2.18. The molecule has 0 heterocycles. The highest BCUT2D eigenvalue weighted by molar-refractivity contribution is 5.88. The van der Waals surface area contributed by atoms with Crippen molar-refractivity contribution in [2.24, 2.45) is 0 Å². The first-order valence-corrected chi connectivity index (χ1v) is 13.5. The molecule has 0 aliphatic carbocycles. The smallest absolute Gasteiger partial charge is 0.336 e. The fraction of sp³-hybridized carbons (Fsp3) is 0.778. The fourth-order valence-electron chi connectivity index (χ4n) is 3.12. The standard InChI is InChI=1S/C18H34O2.C6H8O7.C3H8O3/c1-2-3-4-5-6-7-8-9-10-11-12-13-14-15-16-17-18(19)20;7-3(8)1-6(13,5(11)12)2-4(9)10;4-1-3(6)2-5/h9-10H,2-8,11-17H2,1H3,(H,19,20);13H,1-2H2,(H,7,8)(H,9,10)(H,11,12);3-6H,1-2H2/b10-9-;;. The number of carboxylic acids is 4. The van der Waals surface area contributed by atoms with Gasteiger partial charge in [-0.05, 0) is 32.1 Å². The molecule has 0 fully saturated rings. The number of allylic oxidation sites excluding steroid dienone is 2. The highest BCUT2D eigenvalue weighted by Crippen LogP contribution is 2.15. The zero-order chi connectivity index (χ0) is 30.5. The maximum Gasteiger partial charge on any atom is 0.336 e. The molecule has 0 aromatic heterocycles. The van der Waals surface area contributed by atoms with Crippen molar-refractivity contribution < 1.29 is 60.0 Å². The summed E-state index contributed by atoms with van der Waals surface area (Å²) in [6.45, 7) is 1.53. The van der Waals surface area contributed by atoms with E-state index in [4.69, 9.17) is 40.9 Å². The Morgan fingerprint density at radius 2 is 1.03 bits per heavy atom. The van der Waals surface area contributed by atoms with Gasteiger partial charge in [-0.1, -0.05) is 70.4 Å². The van der Waals surface area contributed by atoms with Crippen LogP contribution in [0.2, 0.25) is 0 Å². The number of carboxylic acid groups (broad SMARTS) is 4. The van der Waals surface area contributed by atoms with Crippen LogP contribution in [0.4, 0.5) is 0 Å². The molecule has 39 heavy (non-hydrogen) atoms. The Bertz CT molecular complexity index is 643. The van der Waals surface area contributed by atoms with Gasteiger partial charge >= 0.3 is 23.9 Å². The van der Waals surface area contributed by atoms with Crippen molar-refractivity contribution in [3.8, 4) is 0 Å². The second kappa shape index (κ2) is 28.5. The molecule has 12 nitrogen and oxygen atoms in total. The molecule has 0 rings (SSSR count). The van der Waals surface area contributed by atoms with Gasteiger partial charge in [0.05, 0.1) is 26.1 Å². The minimum Gasteiger partial charge on any atom is -0.481 e. The van der Waals surface area contributed by atoms with Gasteiger partial charge in [0.1, 0.15) is 6.10 Å². The highest BCUT2D eigenvalue weighted by Gasteiger charge is 2.40. The molecule has 0 aromatic rings. The van der Waals surface area contributed by atoms with Gasteiger partial charge in [0.25, 0.3) is 0 Å². The van der Waals surface area contributed by atoms with Gasteiger partial charge in [-0.25, -0.2) is 4.79 Å². The van der Waals surface area contributed by atoms with Gasteiger partial charge < -0.3 is 40.9 Å². The number of aliphatic hydroxyl groups is 4. The molecule has 230 valence electrons. The summed E-state index contributed by atoms with van der Waals surface area (Å²) in [5.41, 5.74) is -2.74. The fourth-order valence-corrected chi connectivity index (χ4v) is 3.12. The first kappa shape index (κ1) is 40.9. The van der Waals surface area contributed by atoms with Gasteiger partial charge in [-0.3, -0.25) is 14.4 Å². The maximum absolute atomic E-state index is 10.3. The average Bonchev–Trinajstić information content (AvgIpc) is 2.85. The number of rotatable bonds is 22. The second-order valence-electron chi connectivity index (χ2n) is 9.22. The lowest BCUT2D eigenvalue weighted by atomic mass is 9.96. The van der Waals surface area contributed by atoms with Crippen LogP contribution < -0.4 is 0 Å². The largest absolute Gasteiger partial charge is 0.481 e. The van der Waals surface area contributed by atoms with Gasteiger partial charge in [0.2, 0.25) is 0 Å². The molecule has 0 amide bonds. The van der Waals surface area contributed by atoms with E-state index in [1.54, 1.807) is 0 Å². The summed E-state index contributed by atoms with van der Waals surface area (Å²) in [6.07, 6.45) is 18.0. The van der Waals surface area contributed by atoms with Crippen molar-refractivity contribution in [2.75, 3.05) is 13.2 Å². The van der Waals surface area contributed by atoms with Crippen LogP contribution in [-0.2, 0) is 19.2 Å². The normalized spacial score (nSPS) is 10.9. The number of hydrogen-bond donors (Lipinski definition) is 8. The molecule has 0 atom stereocenters. The lowest BCUT2D eigenvalue weighted by molar-refractivity contribution is -0.170. The van der Waals surface area contributed by atoms with Crippen molar-refractivity contribution in [3.05, 3.63) is 12.2 Å². The monoisotopic (exact) mass is 566 g/mol. The van der Waals surface area contributed by atoms with Gasteiger partial charge in [0.15, 0.2) is 5.60 Å². The summed E-state index contributed by atoms with van der Waals surface area (Å²) in [5.74, 6) is -5.68. The molecule has 8 N–H and O–H groups in total. The van der Waals surface area contributed by atoms with E-state index in [1.165, 1.54) is 70.6 Å². The van der Waals surface area contributed by atoms with Crippen molar-refractivity contribution in [2.45, 2.75) is 121 Å². The van der Waals surface area contributed by atoms with E-state index in [0.717, 1.165) is 12.8 Å². The topological polar surface area (TPSA) is 230 Å². The predicted molar refractivity (Wildman–Crippen MR) is 144 cm³/mol. The number of carbonyl (C=O) groups is 4. The van der Waals surface area contributed by atoms with Crippen molar-refractivity contribution in [1.29, 1.82) is 0 Å². The molecule has 0 saturated heterocycles. The summed E-state index contributed by atoms with van der Waals surface area (Å²) in [5, 5.41) is 66.3. The summed E-state index contributed by atoms with van der Waals surface area (Å²) in [6, 6.07) is 0. The van der Waals surface area contributed by atoms with E-state index in [0.29, 0.717) is 6.42 Å². The molecule has 0 saturated carbocycles. The third-order valence-corrected chi connectivity index (χ3v) is 5.36. The van der Waals surface area contributed by atoms with E-state index in [1.807, 2.05) is 0 Å². The van der Waals surface area contributed by atoms with E-state index in [9.17, 15) is 19.2 Å². The van der Waals surface area contributed by atoms with Crippen molar-refractivity contribution in [1.82, 2.24) is 0 Å². The number of unbranched alkanes of at least 4 members (excludes halogenated alkanes) is 11. The molecular formula is C27H50O12. The van der Waals surface area contributed by atoms with Crippen LogP contribution in [0, 0.1) is 0 Å². The summed E-state index contributed by atoms with van der Waals surface area (Å²) in [7, 11) is 0. The third-order valence-electron chi connectivity index (χ3n) is 5.36. The molecule has 12 heteroatoms. The van der Waals surface area contributed by atoms with Crippen LogP contribution in [0.3, 0.4) is 0 Å². The van der Waals surface area contributed by atoms with Gasteiger partial charge in [-0.2, -0.15) is 0 Å². The Kier molecular flexibility index (Phi) is 29.9. The maximum atomic E-state index is 10.3. The molecule has 0 aliphatic heterocycles. The van der Waals surface area contributed by atoms with Crippen LogP contribution >= 0.6 is 0 Å². The Morgan fingerprint density at radius 3 is 1.33 bits per heavy atom. The van der Waals surface area contributed by atoms with Gasteiger partial charge in [-0.15, -0.1) is 0 Å². The SMILES string of the molecule is CCCCCCCC/C=C\CCCCCCCC(=O)O.O=C(O)CC(O)(CC(=O)O)C(=O)O.OCC(O)CO. The van der Waals surface area contributed by atoms with Crippen LogP contribution in [0.5, 0.6) is 0 Å². The van der Waals surface area contributed by atoms with Gasteiger partial charge in [0, 0.05) is 6.42 Å². The van der Waals surface area contributed by atoms with Crippen LogP contribution in [0.25, 0.3) is 0 Å². The number of aliphatic hydroxyl groups excluding tert-OH is 3. The first-order chi connectivity index (χ1) is 18.4. The molecule has 0 aromatic carbocycles. The minimum absolute atomic E-state index is 0.332. The molecule has 0 aliphatic rings. The number of aliphatic carboxylic acids is 4. The summed E-state index contributed by atoms with van der Waals surface area (Å²) in [4.78, 5) is 40.8. The van der Waals surface area contributed by atoms with Crippen molar-refractivity contribution in [3.63, 3.8) is 0 Å². The molecule has 0 bridgehead atoms. The van der Waals surface area contributed by atoms with E-state index in [2.05, 4.69) is 19.1 Å². The zero-order valence-electron chi connectivity index (χ0n) is 23.2. The van der Waals surface area contributed by atoms with E-state index < -0.39 is 48.4 Å². The van der Waals surface area contributed by atoms with Crippen molar-refractivity contribution >= 4 is 23.9 Å². The minimum atomic E-state index is -2.74. The van der Waals surface area contributed by atoms with E-state index >= 15 is 0 Å². The Labute approximate surface area is 231 Å². The average molecular weight is 567 g/mol. The lowest BCUT2D eigenvalue weighted by Crippen LogP contribution is -2.42. The Balaban J connectivity index is -0.000000581. The highest BCUT2D eigenvalue weighted by atomic mass is 16.4. The second-order valence-corrected chi connectivity index (χ2v) is 9.22. The van der Waals surface area contributed by atoms with Crippen LogP contribution in [0.15, 0.2) is 12.2 Å². The zero-order valence-corrected chi connectivity index (χ0v) is 23.2. The Morgan fingerprint density at radius 1 is 0.641 bits per heavy atom. The molecular weight excluding hydrogens is 516 g/mol.